The molecule has 0 aliphatic carbocycles. The van der Waals surface area contributed by atoms with Gasteiger partial charge in [-0.2, -0.15) is 5.10 Å². The first kappa shape index (κ1) is 23.0. The maximum absolute atomic E-state index is 13.0. The number of nitrogen functional groups attached to an aromatic ring is 1. The minimum Gasteiger partial charge on any atom is -0.399 e. The zero-order valence-electron chi connectivity index (χ0n) is 20.4. The van der Waals surface area contributed by atoms with Gasteiger partial charge in [0, 0.05) is 33.8 Å². The van der Waals surface area contributed by atoms with E-state index in [1.54, 1.807) is 11.0 Å². The Kier molecular flexibility index (Phi) is 5.85. The molecule has 0 bridgehead atoms. The Morgan fingerprint density at radius 2 is 1.69 bits per heavy atom. The van der Waals surface area contributed by atoms with Crippen molar-refractivity contribution >= 4 is 34.1 Å². The fourth-order valence-electron chi connectivity index (χ4n) is 3.95. The van der Waals surface area contributed by atoms with Crippen LogP contribution in [0.4, 0.5) is 22.0 Å². The van der Waals surface area contributed by atoms with Crippen molar-refractivity contribution < 1.29 is 4.79 Å². The van der Waals surface area contributed by atoms with Crippen molar-refractivity contribution in [2.75, 3.05) is 16.4 Å². The van der Waals surface area contributed by atoms with Crippen LogP contribution in [0.2, 0.25) is 0 Å². The second-order valence-corrected chi connectivity index (χ2v) is 9.57. The van der Waals surface area contributed by atoms with Crippen molar-refractivity contribution in [1.82, 2.24) is 19.7 Å². The second-order valence-electron chi connectivity index (χ2n) is 9.57. The number of para-hydroxylation sites is 1. The van der Waals surface area contributed by atoms with Gasteiger partial charge in [0.2, 0.25) is 0 Å². The van der Waals surface area contributed by atoms with Crippen LogP contribution in [0.25, 0.3) is 27.8 Å². The largest absolute Gasteiger partial charge is 0.399 e. The van der Waals surface area contributed by atoms with Crippen molar-refractivity contribution in [3.05, 3.63) is 90.9 Å². The first-order valence-corrected chi connectivity index (χ1v) is 11.6. The zero-order chi connectivity index (χ0) is 25.3. The molecule has 2 heterocycles. The minimum atomic E-state index is -0.384. The summed E-state index contributed by atoms with van der Waals surface area (Å²) in [5, 5.41) is 11.6. The van der Waals surface area contributed by atoms with Crippen LogP contribution < -0.4 is 16.4 Å². The quantitative estimate of drug-likeness (QED) is 0.275. The highest BCUT2D eigenvalue weighted by atomic mass is 16.2. The lowest BCUT2D eigenvalue weighted by molar-refractivity contribution is 0.262. The Balaban J connectivity index is 1.42. The van der Waals surface area contributed by atoms with Gasteiger partial charge in [-0.05, 0) is 36.4 Å². The third kappa shape index (κ3) is 4.74. The average Bonchev–Trinajstić information content (AvgIpc) is 3.28. The minimum absolute atomic E-state index is 0.201. The summed E-state index contributed by atoms with van der Waals surface area (Å²) in [7, 11) is 0. The van der Waals surface area contributed by atoms with E-state index in [-0.39, 0.29) is 11.4 Å². The molecule has 8 heteroatoms. The maximum atomic E-state index is 13.0. The highest BCUT2D eigenvalue weighted by molar-refractivity contribution is 6.00. The SMILES string of the molecule is CC(C)(C)c1cc(NC(=O)Nc2cccc(-c3ncnc4ccccc34)c2)n(-c2cccc(N)c2)n1. The van der Waals surface area contributed by atoms with E-state index < -0.39 is 0 Å². The number of nitrogens with two attached hydrogens (primary N) is 1. The number of carbonyl (C=O) groups excluding carboxylic acids is 1. The Labute approximate surface area is 209 Å². The van der Waals surface area contributed by atoms with Gasteiger partial charge in [-0.1, -0.05) is 57.2 Å². The van der Waals surface area contributed by atoms with Crippen LogP contribution in [0, 0.1) is 0 Å². The predicted molar refractivity (Wildman–Crippen MR) is 144 cm³/mol. The van der Waals surface area contributed by atoms with Gasteiger partial charge in [-0.15, -0.1) is 0 Å². The van der Waals surface area contributed by atoms with Crippen LogP contribution in [0.1, 0.15) is 26.5 Å². The van der Waals surface area contributed by atoms with E-state index in [2.05, 4.69) is 41.4 Å². The molecule has 0 unspecified atom stereocenters. The summed E-state index contributed by atoms with van der Waals surface area (Å²) in [4.78, 5) is 21.9. The number of benzene rings is 3. The molecule has 2 amide bonds. The number of hydrogen-bond acceptors (Lipinski definition) is 5. The number of fused-ring (bicyclic) bond motifs is 1. The maximum Gasteiger partial charge on any atom is 0.324 e. The number of aromatic nitrogens is 4. The Hall–Kier alpha value is -4.72. The lowest BCUT2D eigenvalue weighted by Gasteiger charge is -2.14. The van der Waals surface area contributed by atoms with Crippen LogP contribution in [-0.4, -0.2) is 25.8 Å². The molecule has 5 aromatic rings. The molecule has 0 radical (unpaired) electrons. The number of nitrogens with zero attached hydrogens (tertiary/aromatic N) is 4. The number of rotatable bonds is 4. The van der Waals surface area contributed by atoms with Crippen molar-refractivity contribution in [3.63, 3.8) is 0 Å². The summed E-state index contributed by atoms with van der Waals surface area (Å²) in [6.45, 7) is 6.22. The smallest absolute Gasteiger partial charge is 0.324 e. The molecule has 0 saturated heterocycles. The summed E-state index contributed by atoms with van der Waals surface area (Å²) >= 11 is 0. The number of nitrogens with one attached hydrogen (secondary N) is 2. The normalized spacial score (nSPS) is 11.4. The molecule has 5 rings (SSSR count). The number of anilines is 3. The topological polar surface area (TPSA) is 111 Å². The number of amides is 2. The second kappa shape index (κ2) is 9.14. The molecule has 0 aliphatic heterocycles. The molecular weight excluding hydrogens is 450 g/mol. The third-order valence-corrected chi connectivity index (χ3v) is 5.77. The van der Waals surface area contributed by atoms with E-state index in [4.69, 9.17) is 10.8 Å². The molecule has 36 heavy (non-hydrogen) atoms. The summed E-state index contributed by atoms with van der Waals surface area (Å²) in [6.07, 6.45) is 1.55. The van der Waals surface area contributed by atoms with E-state index in [1.807, 2.05) is 78.9 Å². The van der Waals surface area contributed by atoms with Gasteiger partial charge in [0.1, 0.15) is 12.1 Å². The molecule has 0 aliphatic rings. The lowest BCUT2D eigenvalue weighted by atomic mass is 9.92. The Bertz CT molecular complexity index is 1560. The van der Waals surface area contributed by atoms with Crippen LogP contribution in [0.5, 0.6) is 0 Å². The summed E-state index contributed by atoms with van der Waals surface area (Å²) in [5.41, 5.74) is 11.2. The zero-order valence-corrected chi connectivity index (χ0v) is 20.4. The first-order valence-electron chi connectivity index (χ1n) is 11.6. The fraction of sp³-hybridized carbons (Fsp3) is 0.143. The standard InChI is InChI=1S/C28H27N7O/c1-28(2,3)24-16-25(35(34-24)21-11-7-9-19(29)15-21)33-27(36)32-20-10-6-8-18(14-20)26-22-12-4-5-13-23(22)30-17-31-26/h4-17H,29H2,1-3H3,(H2,32,33,36). The van der Waals surface area contributed by atoms with Crippen LogP contribution in [0.3, 0.4) is 0 Å². The van der Waals surface area contributed by atoms with Gasteiger partial charge in [0.25, 0.3) is 0 Å². The van der Waals surface area contributed by atoms with E-state index in [9.17, 15) is 4.79 Å². The average molecular weight is 478 g/mol. The van der Waals surface area contributed by atoms with E-state index in [0.717, 1.165) is 33.5 Å². The third-order valence-electron chi connectivity index (χ3n) is 5.77. The van der Waals surface area contributed by atoms with Crippen LogP contribution >= 0.6 is 0 Å². The fourth-order valence-corrected chi connectivity index (χ4v) is 3.95. The van der Waals surface area contributed by atoms with Crippen molar-refractivity contribution in [3.8, 4) is 16.9 Å². The molecule has 0 spiro atoms. The molecule has 4 N–H and O–H groups in total. The van der Waals surface area contributed by atoms with E-state index >= 15 is 0 Å². The summed E-state index contributed by atoms with van der Waals surface area (Å²) in [6, 6.07) is 24.3. The van der Waals surface area contributed by atoms with Gasteiger partial charge in [0.15, 0.2) is 0 Å². The van der Waals surface area contributed by atoms with Gasteiger partial charge in [-0.25, -0.2) is 19.4 Å². The van der Waals surface area contributed by atoms with Crippen molar-refractivity contribution in [2.45, 2.75) is 26.2 Å². The molecule has 3 aromatic carbocycles. The van der Waals surface area contributed by atoms with Gasteiger partial charge in [0.05, 0.1) is 22.6 Å². The number of carbonyl (C=O) groups is 1. The first-order chi connectivity index (χ1) is 17.3. The molecule has 0 fully saturated rings. The summed E-state index contributed by atoms with van der Waals surface area (Å²) in [5.74, 6) is 0.543. The predicted octanol–water partition coefficient (Wildman–Crippen LogP) is 6.01. The number of urea groups is 1. The molecule has 0 saturated carbocycles. The number of hydrogen-bond donors (Lipinski definition) is 3. The highest BCUT2D eigenvalue weighted by Crippen LogP contribution is 2.29. The van der Waals surface area contributed by atoms with E-state index in [0.29, 0.717) is 17.2 Å². The van der Waals surface area contributed by atoms with E-state index in [1.165, 1.54) is 0 Å². The monoisotopic (exact) mass is 477 g/mol. The summed E-state index contributed by atoms with van der Waals surface area (Å²) < 4.78 is 1.69. The molecular formula is C28H27N7O. The lowest BCUT2D eigenvalue weighted by Crippen LogP contribution is -2.21. The molecule has 0 atom stereocenters. The van der Waals surface area contributed by atoms with Gasteiger partial charge < -0.3 is 11.1 Å². The molecule has 2 aromatic heterocycles. The van der Waals surface area contributed by atoms with Crippen LogP contribution in [0.15, 0.2) is 85.2 Å². The van der Waals surface area contributed by atoms with Crippen LogP contribution in [-0.2, 0) is 5.41 Å². The Morgan fingerprint density at radius 3 is 2.50 bits per heavy atom. The Morgan fingerprint density at radius 1 is 0.889 bits per heavy atom. The van der Waals surface area contributed by atoms with Crippen molar-refractivity contribution in [1.29, 1.82) is 0 Å². The molecule has 8 nitrogen and oxygen atoms in total. The van der Waals surface area contributed by atoms with Crippen molar-refractivity contribution in [2.24, 2.45) is 0 Å². The molecule has 180 valence electrons. The van der Waals surface area contributed by atoms with Gasteiger partial charge in [-0.3, -0.25) is 5.32 Å². The highest BCUT2D eigenvalue weighted by Gasteiger charge is 2.21. The van der Waals surface area contributed by atoms with Gasteiger partial charge >= 0.3 is 6.03 Å².